The number of nitrogens with one attached hydrogen (secondary N) is 1. The lowest BCUT2D eigenvalue weighted by Gasteiger charge is -2.18. The van der Waals surface area contributed by atoms with Crippen LogP contribution in [0.2, 0.25) is 10.0 Å². The van der Waals surface area contributed by atoms with Gasteiger partial charge in [-0.25, -0.2) is 4.98 Å². The van der Waals surface area contributed by atoms with Crippen LogP contribution in [0, 0.1) is 0 Å². The molecule has 1 N–H and O–H groups in total. The van der Waals surface area contributed by atoms with Gasteiger partial charge in [-0.1, -0.05) is 36.2 Å². The molecule has 0 saturated heterocycles. The highest BCUT2D eigenvalue weighted by molar-refractivity contribution is 7.09. The molecule has 0 fully saturated rings. The second kappa shape index (κ2) is 7.99. The van der Waals surface area contributed by atoms with Crippen molar-refractivity contribution in [2.24, 2.45) is 0 Å². The Morgan fingerprint density at radius 3 is 2.80 bits per heavy atom. The molecule has 108 valence electrons. The highest BCUT2D eigenvalue weighted by Crippen LogP contribution is 2.23. The third kappa shape index (κ3) is 4.74. The lowest BCUT2D eigenvalue weighted by atomic mass is 10.0. The van der Waals surface area contributed by atoms with Crippen LogP contribution in [0.5, 0.6) is 0 Å². The van der Waals surface area contributed by atoms with E-state index in [1.54, 1.807) is 17.4 Å². The molecule has 20 heavy (non-hydrogen) atoms. The Morgan fingerprint density at radius 2 is 2.15 bits per heavy atom. The molecule has 2 rings (SSSR count). The average Bonchev–Trinajstić information content (AvgIpc) is 2.92. The summed E-state index contributed by atoms with van der Waals surface area (Å²) in [5.41, 5.74) is 1.13. The Morgan fingerprint density at radius 1 is 1.30 bits per heavy atom. The Hall–Kier alpha value is -0.610. The van der Waals surface area contributed by atoms with Gasteiger partial charge in [0.05, 0.1) is 5.01 Å². The van der Waals surface area contributed by atoms with Crippen LogP contribution < -0.4 is 5.32 Å². The van der Waals surface area contributed by atoms with Crippen LogP contribution in [0.3, 0.4) is 0 Å². The van der Waals surface area contributed by atoms with Crippen molar-refractivity contribution in [3.8, 4) is 0 Å². The number of benzene rings is 1. The second-order valence-corrected chi connectivity index (χ2v) is 6.54. The average molecular weight is 329 g/mol. The van der Waals surface area contributed by atoms with E-state index in [-0.39, 0.29) is 0 Å². The van der Waals surface area contributed by atoms with E-state index in [0.29, 0.717) is 11.1 Å². The van der Waals surface area contributed by atoms with Gasteiger partial charge in [-0.3, -0.25) is 0 Å². The van der Waals surface area contributed by atoms with Crippen LogP contribution in [0.15, 0.2) is 29.8 Å². The van der Waals surface area contributed by atoms with Gasteiger partial charge >= 0.3 is 0 Å². The fourth-order valence-corrected chi connectivity index (χ4v) is 3.27. The van der Waals surface area contributed by atoms with Gasteiger partial charge in [0.25, 0.3) is 0 Å². The van der Waals surface area contributed by atoms with Crippen molar-refractivity contribution in [1.82, 2.24) is 10.3 Å². The van der Waals surface area contributed by atoms with Crippen LogP contribution in [0.4, 0.5) is 0 Å². The van der Waals surface area contributed by atoms with Gasteiger partial charge in [0, 0.05) is 34.1 Å². The zero-order valence-electron chi connectivity index (χ0n) is 11.4. The smallest absolute Gasteiger partial charge is 0.0940 e. The minimum Gasteiger partial charge on any atom is -0.313 e. The van der Waals surface area contributed by atoms with Crippen LogP contribution in [-0.2, 0) is 12.8 Å². The molecule has 0 amide bonds. The number of rotatable bonds is 7. The van der Waals surface area contributed by atoms with Gasteiger partial charge < -0.3 is 5.32 Å². The molecule has 2 nitrogen and oxygen atoms in total. The summed E-state index contributed by atoms with van der Waals surface area (Å²) in [4.78, 5) is 4.37. The summed E-state index contributed by atoms with van der Waals surface area (Å²) in [6.45, 7) is 3.17. The molecule has 0 aliphatic carbocycles. The van der Waals surface area contributed by atoms with E-state index in [9.17, 15) is 0 Å². The predicted octanol–water partition coefficient (Wildman–Crippen LogP) is 4.60. The maximum atomic E-state index is 6.26. The second-order valence-electron chi connectivity index (χ2n) is 4.72. The Labute approximate surface area is 134 Å². The number of hydrogen-bond acceptors (Lipinski definition) is 3. The zero-order chi connectivity index (χ0) is 14.4. The van der Waals surface area contributed by atoms with Crippen molar-refractivity contribution in [2.75, 3.05) is 6.54 Å². The van der Waals surface area contributed by atoms with Crippen molar-refractivity contribution in [2.45, 2.75) is 32.2 Å². The van der Waals surface area contributed by atoms with E-state index in [0.717, 1.165) is 41.4 Å². The summed E-state index contributed by atoms with van der Waals surface area (Å²) < 4.78 is 0. The molecule has 1 aromatic heterocycles. The molecule has 1 aromatic carbocycles. The molecular weight excluding hydrogens is 311 g/mol. The summed E-state index contributed by atoms with van der Waals surface area (Å²) in [6, 6.07) is 6.05. The lowest BCUT2D eigenvalue weighted by molar-refractivity contribution is 0.504. The zero-order valence-corrected chi connectivity index (χ0v) is 13.7. The van der Waals surface area contributed by atoms with E-state index >= 15 is 0 Å². The van der Waals surface area contributed by atoms with E-state index < -0.39 is 0 Å². The molecule has 0 radical (unpaired) electrons. The Kier molecular flexibility index (Phi) is 6.30. The van der Waals surface area contributed by atoms with Crippen LogP contribution >= 0.6 is 34.5 Å². The molecule has 1 heterocycles. The Bertz CT molecular complexity index is 529. The minimum absolute atomic E-state index is 0.347. The van der Waals surface area contributed by atoms with Crippen LogP contribution in [0.1, 0.15) is 23.9 Å². The van der Waals surface area contributed by atoms with Crippen molar-refractivity contribution in [1.29, 1.82) is 0 Å². The summed E-state index contributed by atoms with van der Waals surface area (Å²) in [6.07, 6.45) is 4.78. The molecule has 0 spiro atoms. The SMILES string of the molecule is CCCNC(Cc1nccs1)Cc1ccc(Cl)cc1Cl. The fourth-order valence-electron chi connectivity index (χ4n) is 2.08. The van der Waals surface area contributed by atoms with E-state index in [2.05, 4.69) is 17.2 Å². The Balaban J connectivity index is 2.06. The van der Waals surface area contributed by atoms with Gasteiger partial charge in [-0.2, -0.15) is 0 Å². The van der Waals surface area contributed by atoms with Crippen molar-refractivity contribution in [3.63, 3.8) is 0 Å². The highest BCUT2D eigenvalue weighted by Gasteiger charge is 2.13. The first-order valence-corrected chi connectivity index (χ1v) is 8.38. The number of nitrogens with zero attached hydrogens (tertiary/aromatic N) is 1. The number of thiazole rings is 1. The maximum Gasteiger partial charge on any atom is 0.0940 e. The molecule has 0 bridgehead atoms. The molecule has 0 saturated carbocycles. The molecule has 2 aromatic rings. The topological polar surface area (TPSA) is 24.9 Å². The van der Waals surface area contributed by atoms with Gasteiger partial charge in [-0.15, -0.1) is 11.3 Å². The molecular formula is C15H18Cl2N2S. The normalized spacial score (nSPS) is 12.6. The summed E-state index contributed by atoms with van der Waals surface area (Å²) in [7, 11) is 0. The molecule has 0 aliphatic rings. The maximum absolute atomic E-state index is 6.26. The number of aromatic nitrogens is 1. The van der Waals surface area contributed by atoms with Gasteiger partial charge in [0.2, 0.25) is 0 Å². The first-order chi connectivity index (χ1) is 9.69. The van der Waals surface area contributed by atoms with Gasteiger partial charge in [0.15, 0.2) is 0 Å². The standard InChI is InChI=1S/C15H18Cl2N2S/c1-2-5-18-13(10-15-19-6-7-20-15)8-11-3-4-12(16)9-14(11)17/h3-4,6-7,9,13,18H,2,5,8,10H2,1H3. The number of hydrogen-bond donors (Lipinski definition) is 1. The molecule has 0 aliphatic heterocycles. The monoisotopic (exact) mass is 328 g/mol. The van der Waals surface area contributed by atoms with Gasteiger partial charge in [-0.05, 0) is 37.1 Å². The van der Waals surface area contributed by atoms with Crippen molar-refractivity contribution in [3.05, 3.63) is 50.4 Å². The van der Waals surface area contributed by atoms with Crippen molar-refractivity contribution >= 4 is 34.5 Å². The summed E-state index contributed by atoms with van der Waals surface area (Å²) in [5.74, 6) is 0. The van der Waals surface area contributed by atoms with E-state index in [1.165, 1.54) is 0 Å². The number of halogens is 2. The summed E-state index contributed by atoms with van der Waals surface area (Å²) in [5, 5.41) is 8.16. The summed E-state index contributed by atoms with van der Waals surface area (Å²) >= 11 is 13.9. The minimum atomic E-state index is 0.347. The third-order valence-corrected chi connectivity index (χ3v) is 4.46. The van der Waals surface area contributed by atoms with Gasteiger partial charge in [0.1, 0.15) is 0 Å². The third-order valence-electron chi connectivity index (χ3n) is 3.07. The molecule has 5 heteroatoms. The molecule has 1 unspecified atom stereocenters. The quantitative estimate of drug-likeness (QED) is 0.803. The molecule has 1 atom stereocenters. The van der Waals surface area contributed by atoms with Crippen LogP contribution in [-0.4, -0.2) is 17.6 Å². The fraction of sp³-hybridized carbons (Fsp3) is 0.400. The first kappa shape index (κ1) is 15.8. The van der Waals surface area contributed by atoms with Crippen LogP contribution in [0.25, 0.3) is 0 Å². The van der Waals surface area contributed by atoms with E-state index in [4.69, 9.17) is 23.2 Å². The van der Waals surface area contributed by atoms with Crippen molar-refractivity contribution < 1.29 is 0 Å². The highest BCUT2D eigenvalue weighted by atomic mass is 35.5. The largest absolute Gasteiger partial charge is 0.313 e. The first-order valence-electron chi connectivity index (χ1n) is 6.74. The lowest BCUT2D eigenvalue weighted by Crippen LogP contribution is -2.33. The van der Waals surface area contributed by atoms with E-state index in [1.807, 2.05) is 23.7 Å². The predicted molar refractivity (Wildman–Crippen MR) is 88.1 cm³/mol.